The maximum absolute atomic E-state index is 10.9. The summed E-state index contributed by atoms with van der Waals surface area (Å²) in [7, 11) is -1.86. The number of hydrogen-bond donors (Lipinski definition) is 4. The number of aliphatic hydroxyl groups is 1. The van der Waals surface area contributed by atoms with Gasteiger partial charge in [0, 0.05) is 0 Å². The van der Waals surface area contributed by atoms with Crippen LogP contribution in [-0.4, -0.2) is 62.5 Å². The number of ether oxygens (including phenoxy) is 1. The first-order chi connectivity index (χ1) is 14.8. The third-order valence-corrected chi connectivity index (χ3v) is 6.27. The SMILES string of the molecule is B[PH]1(O)OC[C@H](C)O[C@@H](n2c(NCc3ccccc3)nc3c(N)ncnc32)[C@@H](O)CO1. The number of fused-ring (bicyclic) bond motifs is 1. The summed E-state index contributed by atoms with van der Waals surface area (Å²) in [5.74, 6) is 0.624. The molecule has 4 rings (SSSR count). The van der Waals surface area contributed by atoms with Crippen LogP contribution in [0.1, 0.15) is 18.7 Å². The van der Waals surface area contributed by atoms with Crippen LogP contribution < -0.4 is 11.1 Å². The van der Waals surface area contributed by atoms with E-state index in [1.54, 1.807) is 11.5 Å². The number of anilines is 2. The fourth-order valence-electron chi connectivity index (χ4n) is 3.31. The van der Waals surface area contributed by atoms with Gasteiger partial charge in [0.25, 0.3) is 0 Å². The number of benzene rings is 1. The van der Waals surface area contributed by atoms with Gasteiger partial charge in [-0.05, 0) is 0 Å². The molecule has 31 heavy (non-hydrogen) atoms. The summed E-state index contributed by atoms with van der Waals surface area (Å²) in [6.07, 6.45) is -1.16. The molecule has 2 aromatic heterocycles. The van der Waals surface area contributed by atoms with Crippen molar-refractivity contribution in [3.8, 4) is 0 Å². The zero-order valence-corrected chi connectivity index (χ0v) is 18.3. The Morgan fingerprint density at radius 3 is 2.77 bits per heavy atom. The Morgan fingerprint density at radius 1 is 1.26 bits per heavy atom. The molecule has 3 atom stereocenters. The summed E-state index contributed by atoms with van der Waals surface area (Å²) < 4.78 is 18.7. The standard InChI is InChI=1S/C18H26BN6O5P/c1-11-8-28-31(19,27)29-9-13(26)17(30-11)25-16-14(15(20)22-10-23-16)24-18(25)21-7-12-5-3-2-4-6-12/h2-6,10-11,13,17,26-27,31H,7-9,19H2,1H3,(H,21,24)(H2,20,22,23)/t11-,13-,17+/m0/s1. The Hall–Kier alpha value is -2.34. The molecule has 0 spiro atoms. The van der Waals surface area contributed by atoms with Crippen molar-refractivity contribution in [1.29, 1.82) is 0 Å². The van der Waals surface area contributed by atoms with Gasteiger partial charge in [-0.3, -0.25) is 0 Å². The summed E-state index contributed by atoms with van der Waals surface area (Å²) in [6.45, 7) is 2.19. The first kappa shape index (κ1) is 21.9. The topological polar surface area (TPSA) is 150 Å². The monoisotopic (exact) mass is 448 g/mol. The zero-order chi connectivity index (χ0) is 22.0. The molecule has 0 saturated carbocycles. The average Bonchev–Trinajstić information content (AvgIpc) is 3.14. The van der Waals surface area contributed by atoms with Crippen LogP contribution in [0.25, 0.3) is 11.2 Å². The number of nitrogens with two attached hydrogens (primary N) is 1. The molecule has 0 aliphatic carbocycles. The average molecular weight is 448 g/mol. The van der Waals surface area contributed by atoms with Crippen LogP contribution in [0.5, 0.6) is 0 Å². The molecular weight excluding hydrogens is 422 g/mol. The molecule has 0 radical (unpaired) electrons. The van der Waals surface area contributed by atoms with E-state index in [0.717, 1.165) is 5.56 Å². The van der Waals surface area contributed by atoms with E-state index in [0.29, 0.717) is 23.7 Å². The number of imidazole rings is 1. The quantitative estimate of drug-likeness (QED) is 0.326. The van der Waals surface area contributed by atoms with E-state index < -0.39 is 26.3 Å². The van der Waals surface area contributed by atoms with E-state index in [-0.39, 0.29) is 19.0 Å². The second kappa shape index (κ2) is 9.03. The van der Waals surface area contributed by atoms with Crippen molar-refractivity contribution in [2.24, 2.45) is 0 Å². The Kier molecular flexibility index (Phi) is 6.38. The molecule has 0 unspecified atom stereocenters. The van der Waals surface area contributed by atoms with Crippen molar-refractivity contribution < 1.29 is 23.8 Å². The van der Waals surface area contributed by atoms with E-state index in [2.05, 4.69) is 20.3 Å². The van der Waals surface area contributed by atoms with Crippen molar-refractivity contribution in [1.82, 2.24) is 19.5 Å². The van der Waals surface area contributed by atoms with Crippen molar-refractivity contribution in [2.45, 2.75) is 31.9 Å². The van der Waals surface area contributed by atoms with Gasteiger partial charge in [0.05, 0.1) is 0 Å². The maximum atomic E-state index is 10.9. The van der Waals surface area contributed by atoms with Crippen LogP contribution in [0.3, 0.4) is 0 Å². The van der Waals surface area contributed by atoms with Gasteiger partial charge in [-0.1, -0.05) is 0 Å². The van der Waals surface area contributed by atoms with Gasteiger partial charge in [0.1, 0.15) is 0 Å². The molecular formula is C18H26BN6O5P. The van der Waals surface area contributed by atoms with E-state index in [1.165, 1.54) is 13.9 Å². The Labute approximate surface area is 180 Å². The van der Waals surface area contributed by atoms with Gasteiger partial charge in [0.15, 0.2) is 0 Å². The molecule has 0 amide bonds. The minimum atomic E-state index is -3.36. The Balaban J connectivity index is 1.73. The van der Waals surface area contributed by atoms with E-state index >= 15 is 0 Å². The third kappa shape index (κ3) is 4.95. The van der Waals surface area contributed by atoms with Crippen molar-refractivity contribution >= 4 is 38.3 Å². The fraction of sp³-hybridized carbons (Fsp3) is 0.389. The van der Waals surface area contributed by atoms with E-state index in [9.17, 15) is 10.00 Å². The van der Waals surface area contributed by atoms with Gasteiger partial charge in [-0.15, -0.1) is 0 Å². The van der Waals surface area contributed by atoms with Gasteiger partial charge in [-0.25, -0.2) is 0 Å². The molecule has 11 nitrogen and oxygen atoms in total. The predicted molar refractivity (Wildman–Crippen MR) is 120 cm³/mol. The zero-order valence-electron chi connectivity index (χ0n) is 17.3. The fourth-order valence-corrected chi connectivity index (χ4v) is 4.41. The van der Waals surface area contributed by atoms with Gasteiger partial charge >= 0.3 is 180 Å². The van der Waals surface area contributed by atoms with E-state index in [1.807, 2.05) is 30.3 Å². The van der Waals surface area contributed by atoms with Gasteiger partial charge in [0.2, 0.25) is 0 Å². The van der Waals surface area contributed by atoms with Crippen LogP contribution in [-0.2, 0) is 20.3 Å². The molecule has 3 heterocycles. The van der Waals surface area contributed by atoms with Crippen molar-refractivity contribution in [2.75, 3.05) is 24.3 Å². The second-order valence-corrected chi connectivity index (χ2v) is 9.87. The Morgan fingerprint density at radius 2 is 2.00 bits per heavy atom. The summed E-state index contributed by atoms with van der Waals surface area (Å²) in [4.78, 5) is 23.2. The number of hydrogen-bond acceptors (Lipinski definition) is 10. The number of aliphatic hydroxyl groups excluding tert-OH is 1. The van der Waals surface area contributed by atoms with Crippen LogP contribution >= 0.6 is 7.82 Å². The number of aromatic nitrogens is 4. The number of nitrogens with one attached hydrogen (secondary N) is 1. The molecule has 5 N–H and O–H groups in total. The van der Waals surface area contributed by atoms with Gasteiger partial charge in [-0.2, -0.15) is 0 Å². The van der Waals surface area contributed by atoms with Crippen molar-refractivity contribution in [3.63, 3.8) is 0 Å². The first-order valence-corrected chi connectivity index (χ1v) is 12.2. The molecule has 1 aliphatic heterocycles. The molecule has 1 aliphatic rings. The van der Waals surface area contributed by atoms with Crippen LogP contribution in [0.2, 0.25) is 0 Å². The summed E-state index contributed by atoms with van der Waals surface area (Å²) in [6, 6.07) is 9.81. The summed E-state index contributed by atoms with van der Waals surface area (Å²) in [5.41, 5.74) is 7.86. The summed E-state index contributed by atoms with van der Waals surface area (Å²) >= 11 is 0. The van der Waals surface area contributed by atoms with Crippen molar-refractivity contribution in [3.05, 3.63) is 42.2 Å². The predicted octanol–water partition coefficient (Wildman–Crippen LogP) is 0.367. The molecule has 166 valence electrons. The second-order valence-electron chi connectivity index (χ2n) is 7.50. The van der Waals surface area contributed by atoms with Crippen LogP contribution in [0.4, 0.5) is 11.8 Å². The number of nitrogens with zero attached hydrogens (tertiary/aromatic N) is 4. The first-order valence-electron chi connectivity index (χ1n) is 9.94. The molecule has 1 aromatic carbocycles. The van der Waals surface area contributed by atoms with Gasteiger partial charge < -0.3 is 0 Å². The molecule has 1 saturated heterocycles. The van der Waals surface area contributed by atoms with Crippen LogP contribution in [0.15, 0.2) is 36.7 Å². The van der Waals surface area contributed by atoms with Crippen LogP contribution in [0, 0.1) is 0 Å². The number of nitrogen functional groups attached to an aromatic ring is 1. The molecule has 0 bridgehead atoms. The molecule has 3 aromatic rings. The minimum absolute atomic E-state index is 0.110. The summed E-state index contributed by atoms with van der Waals surface area (Å²) in [5, 5.41) is 14.2. The number of rotatable bonds is 4. The third-order valence-electron chi connectivity index (χ3n) is 4.86. The molecule has 13 heteroatoms. The molecule has 1 fully saturated rings. The van der Waals surface area contributed by atoms with E-state index in [4.69, 9.17) is 19.5 Å². The normalized spacial score (nSPS) is 25.3. The Bertz CT molecular complexity index is 1040.